The van der Waals surface area contributed by atoms with E-state index in [0.29, 0.717) is 6.04 Å². The summed E-state index contributed by atoms with van der Waals surface area (Å²) in [5.74, 6) is 1.32. The van der Waals surface area contributed by atoms with Crippen LogP contribution in [0.5, 0.6) is 11.5 Å². The molecule has 1 aromatic carbocycles. The van der Waals surface area contributed by atoms with E-state index in [1.54, 1.807) is 13.2 Å². The smallest absolute Gasteiger partial charge is 0.166 e. The van der Waals surface area contributed by atoms with Gasteiger partial charge in [0, 0.05) is 18.2 Å². The summed E-state index contributed by atoms with van der Waals surface area (Å²) in [7, 11) is 1.65. The van der Waals surface area contributed by atoms with Gasteiger partial charge in [-0.3, -0.25) is 4.90 Å². The molecule has 2 aliphatic carbocycles. The van der Waals surface area contributed by atoms with E-state index < -0.39 is 6.10 Å². The lowest BCUT2D eigenvalue weighted by Gasteiger charge is -2.53. The average molecular weight is 327 g/mol. The molecule has 3 nitrogen and oxygen atoms in total. The summed E-state index contributed by atoms with van der Waals surface area (Å²) in [6, 6.07) is 4.49. The molecule has 1 spiro atoms. The molecule has 126 valence electrons. The van der Waals surface area contributed by atoms with Crippen LogP contribution in [0.3, 0.4) is 0 Å². The van der Waals surface area contributed by atoms with Gasteiger partial charge in [-0.1, -0.05) is 19.1 Å². The van der Waals surface area contributed by atoms with Crippen LogP contribution in [0.1, 0.15) is 30.9 Å². The molecule has 1 fully saturated rings. The number of benzene rings is 1. The fourth-order valence-electron chi connectivity index (χ4n) is 5.37. The summed E-state index contributed by atoms with van der Waals surface area (Å²) in [4.78, 5) is 2.57. The van der Waals surface area contributed by atoms with E-state index in [9.17, 15) is 4.39 Å². The van der Waals surface area contributed by atoms with Gasteiger partial charge in [0.2, 0.25) is 0 Å². The maximum absolute atomic E-state index is 14.7. The fourth-order valence-corrected chi connectivity index (χ4v) is 5.37. The second kappa shape index (κ2) is 4.85. The van der Waals surface area contributed by atoms with E-state index in [4.69, 9.17) is 9.47 Å². The van der Waals surface area contributed by atoms with Gasteiger partial charge in [0.05, 0.1) is 12.5 Å². The van der Waals surface area contributed by atoms with Gasteiger partial charge >= 0.3 is 0 Å². The predicted octanol–water partition coefficient (Wildman–Crippen LogP) is 3.53. The Morgan fingerprint density at radius 2 is 2.25 bits per heavy atom. The summed E-state index contributed by atoms with van der Waals surface area (Å²) >= 11 is 0. The Balaban J connectivity index is 1.77. The fraction of sp³-hybridized carbons (Fsp3) is 0.500. The first-order chi connectivity index (χ1) is 11.7. The molecule has 5 rings (SSSR count). The van der Waals surface area contributed by atoms with Crippen LogP contribution in [0.2, 0.25) is 0 Å². The van der Waals surface area contributed by atoms with E-state index in [0.717, 1.165) is 43.9 Å². The first-order valence-electron chi connectivity index (χ1n) is 8.89. The lowest BCUT2D eigenvalue weighted by Crippen LogP contribution is -2.59. The Hall–Kier alpha value is -1.81. The van der Waals surface area contributed by atoms with Crippen LogP contribution in [0.25, 0.3) is 0 Å². The zero-order chi connectivity index (χ0) is 16.5. The quantitative estimate of drug-likeness (QED) is 0.848. The molecule has 2 heterocycles. The molecule has 0 unspecified atom stereocenters. The second-order valence-corrected chi connectivity index (χ2v) is 7.28. The van der Waals surface area contributed by atoms with Crippen molar-refractivity contribution < 1.29 is 13.9 Å². The maximum atomic E-state index is 14.7. The molecule has 0 N–H and O–H groups in total. The Bertz CT molecular complexity index is 784. The Morgan fingerprint density at radius 1 is 1.38 bits per heavy atom. The van der Waals surface area contributed by atoms with E-state index >= 15 is 0 Å². The number of nitrogens with zero attached hydrogens (tertiary/aromatic N) is 1. The van der Waals surface area contributed by atoms with Crippen molar-refractivity contribution in [2.75, 3.05) is 20.2 Å². The first-order valence-corrected chi connectivity index (χ1v) is 8.89. The summed E-state index contributed by atoms with van der Waals surface area (Å²) < 4.78 is 26.4. The van der Waals surface area contributed by atoms with Crippen molar-refractivity contribution in [1.82, 2.24) is 4.90 Å². The monoisotopic (exact) mass is 327 g/mol. The molecule has 24 heavy (non-hydrogen) atoms. The number of methoxy groups -OCH3 is 1. The van der Waals surface area contributed by atoms with Gasteiger partial charge in [-0.15, -0.1) is 0 Å². The van der Waals surface area contributed by atoms with Gasteiger partial charge in [0.15, 0.2) is 17.6 Å². The van der Waals surface area contributed by atoms with Gasteiger partial charge in [-0.05, 0) is 49.1 Å². The number of ether oxygens (including phenoxy) is 2. The molecule has 2 aliphatic heterocycles. The number of halogens is 1. The van der Waals surface area contributed by atoms with Gasteiger partial charge in [-0.2, -0.15) is 0 Å². The normalized spacial score (nSPS) is 32.6. The molecule has 0 amide bonds. The summed E-state index contributed by atoms with van der Waals surface area (Å²) in [5.41, 5.74) is 3.50. The Labute approximate surface area is 141 Å². The van der Waals surface area contributed by atoms with Gasteiger partial charge in [0.1, 0.15) is 5.83 Å². The molecule has 2 bridgehead atoms. The number of hydrogen-bond donors (Lipinski definition) is 0. The third-order valence-corrected chi connectivity index (χ3v) is 6.26. The molecule has 0 radical (unpaired) electrons. The van der Waals surface area contributed by atoms with Gasteiger partial charge in [-0.25, -0.2) is 4.39 Å². The van der Waals surface area contributed by atoms with Crippen molar-refractivity contribution in [2.45, 2.75) is 43.7 Å². The number of likely N-dealkylation sites (tertiary alicyclic amines) is 1. The number of hydrogen-bond acceptors (Lipinski definition) is 3. The van der Waals surface area contributed by atoms with Crippen LogP contribution in [-0.4, -0.2) is 37.2 Å². The van der Waals surface area contributed by atoms with Gasteiger partial charge < -0.3 is 9.47 Å². The molecule has 3 atom stereocenters. The van der Waals surface area contributed by atoms with E-state index in [-0.39, 0.29) is 11.2 Å². The molecular formula is C20H22FNO2. The minimum atomic E-state index is -0.519. The highest BCUT2D eigenvalue weighted by atomic mass is 19.1. The largest absolute Gasteiger partial charge is 0.493 e. The molecule has 1 aromatic rings. The molecule has 4 heteroatoms. The SMILES string of the molecule is CCCN1CC[C@@]23C4=CC=C(F)[C@@H]2Oc2c(OC)ccc(c23)C[C@H]41. The highest BCUT2D eigenvalue weighted by Crippen LogP contribution is 2.62. The molecular weight excluding hydrogens is 305 g/mol. The van der Waals surface area contributed by atoms with Crippen LogP contribution < -0.4 is 9.47 Å². The number of rotatable bonds is 3. The zero-order valence-electron chi connectivity index (χ0n) is 14.1. The van der Waals surface area contributed by atoms with Crippen molar-refractivity contribution in [2.24, 2.45) is 0 Å². The highest BCUT2D eigenvalue weighted by molar-refractivity contribution is 5.67. The van der Waals surface area contributed by atoms with Crippen LogP contribution >= 0.6 is 0 Å². The van der Waals surface area contributed by atoms with Crippen molar-refractivity contribution in [1.29, 1.82) is 0 Å². The summed E-state index contributed by atoms with van der Waals surface area (Å²) in [6.07, 6.45) is 6.15. The van der Waals surface area contributed by atoms with Crippen LogP contribution in [0.4, 0.5) is 4.39 Å². The zero-order valence-corrected chi connectivity index (χ0v) is 14.1. The summed E-state index contributed by atoms with van der Waals surface area (Å²) in [5, 5.41) is 0. The Morgan fingerprint density at radius 3 is 3.04 bits per heavy atom. The number of allylic oxidation sites excluding steroid dienone is 2. The lowest BCUT2D eigenvalue weighted by molar-refractivity contribution is 0.0845. The van der Waals surface area contributed by atoms with Crippen molar-refractivity contribution in [3.8, 4) is 11.5 Å². The maximum Gasteiger partial charge on any atom is 0.166 e. The van der Waals surface area contributed by atoms with E-state index in [2.05, 4.69) is 17.9 Å². The molecule has 1 saturated heterocycles. The molecule has 4 aliphatic rings. The minimum absolute atomic E-state index is 0.160. The second-order valence-electron chi connectivity index (χ2n) is 7.28. The number of piperidine rings is 1. The standard InChI is InChI=1S/C20H22FNO2/c1-3-9-22-10-8-20-13-5-6-14(21)19(20)24-18-16(23-2)7-4-12(17(18)20)11-15(13)22/h4-7,15,19H,3,8-11H2,1-2H3/t15-,19+,20+/m1/s1. The van der Waals surface area contributed by atoms with Crippen LogP contribution in [-0.2, 0) is 11.8 Å². The minimum Gasteiger partial charge on any atom is -0.493 e. The molecule has 0 saturated carbocycles. The first kappa shape index (κ1) is 14.5. The average Bonchev–Trinajstić information content (AvgIpc) is 2.94. The third kappa shape index (κ3) is 1.55. The van der Waals surface area contributed by atoms with Crippen LogP contribution in [0.15, 0.2) is 35.7 Å². The van der Waals surface area contributed by atoms with Crippen molar-refractivity contribution in [3.63, 3.8) is 0 Å². The summed E-state index contributed by atoms with van der Waals surface area (Å²) in [6.45, 7) is 4.31. The molecule has 0 aromatic heterocycles. The highest BCUT2D eigenvalue weighted by Gasteiger charge is 2.62. The van der Waals surface area contributed by atoms with Crippen molar-refractivity contribution >= 4 is 0 Å². The van der Waals surface area contributed by atoms with Gasteiger partial charge in [0.25, 0.3) is 0 Å². The van der Waals surface area contributed by atoms with E-state index in [1.165, 1.54) is 16.7 Å². The topological polar surface area (TPSA) is 21.7 Å². The third-order valence-electron chi connectivity index (χ3n) is 6.26. The van der Waals surface area contributed by atoms with E-state index in [1.807, 2.05) is 12.1 Å². The predicted molar refractivity (Wildman–Crippen MR) is 90.3 cm³/mol. The Kier molecular flexibility index (Phi) is 2.94. The lowest BCUT2D eigenvalue weighted by atomic mass is 9.57. The van der Waals surface area contributed by atoms with Crippen LogP contribution in [0, 0.1) is 0 Å². The van der Waals surface area contributed by atoms with Crippen molar-refractivity contribution in [3.05, 3.63) is 46.8 Å².